The maximum atomic E-state index is 13.1. The van der Waals surface area contributed by atoms with Gasteiger partial charge < -0.3 is 20.2 Å². The Hall–Kier alpha value is -2.45. The van der Waals surface area contributed by atoms with Crippen LogP contribution in [0.3, 0.4) is 0 Å². The lowest BCUT2D eigenvalue weighted by Gasteiger charge is -2.38. The minimum Gasteiger partial charge on any atom is -0.388 e. The molecule has 30 heavy (non-hydrogen) atoms. The van der Waals surface area contributed by atoms with Gasteiger partial charge in [0, 0.05) is 51.1 Å². The number of β-amino-alcohol motifs (C(OH)–C–C–N with tert-alkyl or cyclic N) is 1. The Kier molecular flexibility index (Phi) is 6.06. The Bertz CT molecular complexity index is 905. The summed E-state index contributed by atoms with van der Waals surface area (Å²) < 4.78 is 0. The van der Waals surface area contributed by atoms with Crippen LogP contribution in [0.15, 0.2) is 24.3 Å². The molecular formula is C22H31N5O3. The Morgan fingerprint density at radius 1 is 1.20 bits per heavy atom. The van der Waals surface area contributed by atoms with Gasteiger partial charge in [0.15, 0.2) is 5.69 Å². The molecule has 2 amide bonds. The molecule has 2 fully saturated rings. The van der Waals surface area contributed by atoms with Gasteiger partial charge in [-0.1, -0.05) is 18.2 Å². The van der Waals surface area contributed by atoms with Gasteiger partial charge in [0.2, 0.25) is 5.91 Å². The first-order valence-corrected chi connectivity index (χ1v) is 10.9. The van der Waals surface area contributed by atoms with Gasteiger partial charge in [0.25, 0.3) is 5.91 Å². The van der Waals surface area contributed by atoms with Gasteiger partial charge >= 0.3 is 0 Å². The Balaban J connectivity index is 1.34. The van der Waals surface area contributed by atoms with Crippen molar-refractivity contribution in [3.8, 4) is 0 Å². The Morgan fingerprint density at radius 2 is 1.97 bits per heavy atom. The van der Waals surface area contributed by atoms with Crippen LogP contribution in [0, 0.1) is 0 Å². The van der Waals surface area contributed by atoms with E-state index in [2.05, 4.69) is 20.4 Å². The smallest absolute Gasteiger partial charge is 0.274 e. The number of hydrogen-bond donors (Lipinski definition) is 3. The van der Waals surface area contributed by atoms with E-state index in [4.69, 9.17) is 0 Å². The second-order valence-corrected chi connectivity index (χ2v) is 8.74. The zero-order chi connectivity index (χ0) is 21.1. The largest absolute Gasteiger partial charge is 0.388 e. The number of hydrogen-bond acceptors (Lipinski definition) is 5. The normalized spacial score (nSPS) is 24.0. The Morgan fingerprint density at radius 3 is 2.73 bits per heavy atom. The lowest BCUT2D eigenvalue weighted by molar-refractivity contribution is -0.120. The minimum atomic E-state index is -0.788. The summed E-state index contributed by atoms with van der Waals surface area (Å²) in [6.45, 7) is 5.07. The van der Waals surface area contributed by atoms with Crippen molar-refractivity contribution in [1.82, 2.24) is 25.3 Å². The summed E-state index contributed by atoms with van der Waals surface area (Å²) in [6.07, 6.45) is 3.84. The first kappa shape index (κ1) is 20.8. The maximum Gasteiger partial charge on any atom is 0.274 e. The van der Waals surface area contributed by atoms with Gasteiger partial charge in [0.1, 0.15) is 0 Å². The van der Waals surface area contributed by atoms with E-state index in [0.717, 1.165) is 43.3 Å². The molecule has 3 N–H and O–H groups in total. The molecule has 1 aromatic carbocycles. The van der Waals surface area contributed by atoms with Crippen LogP contribution in [-0.4, -0.2) is 81.3 Å². The summed E-state index contributed by atoms with van der Waals surface area (Å²) in [5.41, 5.74) is 0.523. The zero-order valence-corrected chi connectivity index (χ0v) is 17.6. The molecule has 1 aromatic heterocycles. The van der Waals surface area contributed by atoms with Crippen LogP contribution in [0.5, 0.6) is 0 Å². The first-order chi connectivity index (χ1) is 14.4. The summed E-state index contributed by atoms with van der Waals surface area (Å²) in [7, 11) is 0. The van der Waals surface area contributed by atoms with Crippen molar-refractivity contribution < 1.29 is 14.7 Å². The zero-order valence-electron chi connectivity index (χ0n) is 17.6. The van der Waals surface area contributed by atoms with E-state index in [1.807, 2.05) is 29.2 Å². The van der Waals surface area contributed by atoms with Crippen molar-refractivity contribution in [1.29, 1.82) is 0 Å². The standard InChI is InChI=1S/C22H31N5O3/c1-16(28)23-17-7-12-26(13-8-17)15-22(30)9-4-11-27(14-10-22)21(29)20-18-5-2-3-6-19(18)24-25-20/h2-3,5-6,17,30H,4,7-15H2,1H3,(H,23,28)(H,24,25)/t22-/m0/s1. The van der Waals surface area contributed by atoms with Crippen molar-refractivity contribution in [2.24, 2.45) is 0 Å². The number of benzene rings is 1. The van der Waals surface area contributed by atoms with Crippen LogP contribution in [-0.2, 0) is 4.79 Å². The third-order valence-electron chi connectivity index (χ3n) is 6.39. The lowest BCUT2D eigenvalue weighted by Crippen LogP contribution is -2.50. The van der Waals surface area contributed by atoms with Crippen LogP contribution in [0.25, 0.3) is 10.9 Å². The summed E-state index contributed by atoms with van der Waals surface area (Å²) in [6, 6.07) is 7.88. The van der Waals surface area contributed by atoms with Crippen LogP contribution in [0.4, 0.5) is 0 Å². The van der Waals surface area contributed by atoms with Crippen LogP contribution >= 0.6 is 0 Å². The molecule has 1 atom stereocenters. The molecule has 2 aliphatic rings. The predicted octanol–water partition coefficient (Wildman–Crippen LogP) is 1.52. The number of nitrogens with zero attached hydrogens (tertiary/aromatic N) is 3. The highest BCUT2D eigenvalue weighted by molar-refractivity contribution is 6.04. The van der Waals surface area contributed by atoms with E-state index in [1.54, 1.807) is 6.92 Å². The van der Waals surface area contributed by atoms with E-state index in [0.29, 0.717) is 38.2 Å². The molecule has 0 aliphatic carbocycles. The highest BCUT2D eigenvalue weighted by Crippen LogP contribution is 2.26. The monoisotopic (exact) mass is 413 g/mol. The van der Waals surface area contributed by atoms with Gasteiger partial charge in [-0.05, 0) is 38.2 Å². The molecule has 3 heterocycles. The van der Waals surface area contributed by atoms with Gasteiger partial charge in [-0.25, -0.2) is 0 Å². The highest BCUT2D eigenvalue weighted by atomic mass is 16.3. The fourth-order valence-corrected chi connectivity index (χ4v) is 4.76. The molecule has 162 valence electrons. The van der Waals surface area contributed by atoms with Crippen LogP contribution in [0.2, 0.25) is 0 Å². The molecule has 2 aliphatic heterocycles. The van der Waals surface area contributed by atoms with Crippen molar-refractivity contribution in [2.75, 3.05) is 32.7 Å². The van der Waals surface area contributed by atoms with Gasteiger partial charge in [-0.15, -0.1) is 0 Å². The molecule has 2 saturated heterocycles. The number of carbonyl (C=O) groups excluding carboxylic acids is 2. The number of fused-ring (bicyclic) bond motifs is 1. The van der Waals surface area contributed by atoms with Crippen molar-refractivity contribution >= 4 is 22.7 Å². The van der Waals surface area contributed by atoms with Crippen molar-refractivity contribution in [3.63, 3.8) is 0 Å². The van der Waals surface area contributed by atoms with Crippen molar-refractivity contribution in [2.45, 2.75) is 50.7 Å². The lowest BCUT2D eigenvalue weighted by atomic mass is 9.93. The topological polar surface area (TPSA) is 102 Å². The van der Waals surface area contributed by atoms with E-state index >= 15 is 0 Å². The molecule has 0 bridgehead atoms. The average Bonchev–Trinajstić information content (AvgIpc) is 3.06. The molecule has 8 nitrogen and oxygen atoms in total. The number of aliphatic hydroxyl groups is 1. The van der Waals surface area contributed by atoms with E-state index in [1.165, 1.54) is 0 Å². The third-order valence-corrected chi connectivity index (χ3v) is 6.39. The summed E-state index contributed by atoms with van der Waals surface area (Å²) in [4.78, 5) is 28.4. The second-order valence-electron chi connectivity index (χ2n) is 8.74. The number of para-hydroxylation sites is 1. The highest BCUT2D eigenvalue weighted by Gasteiger charge is 2.35. The van der Waals surface area contributed by atoms with Crippen LogP contribution in [0.1, 0.15) is 49.5 Å². The number of aromatic amines is 1. The van der Waals surface area contributed by atoms with E-state index in [9.17, 15) is 14.7 Å². The molecule has 2 aromatic rings. The number of amides is 2. The summed E-state index contributed by atoms with van der Waals surface area (Å²) in [5.74, 6) is -0.0573. The SMILES string of the molecule is CC(=O)NC1CCN(C[C@]2(O)CCCN(C(=O)c3n[nH]c4ccccc34)CC2)CC1. The number of rotatable bonds is 4. The third kappa shape index (κ3) is 4.65. The maximum absolute atomic E-state index is 13.1. The summed E-state index contributed by atoms with van der Waals surface area (Å²) in [5, 5.41) is 22.2. The quantitative estimate of drug-likeness (QED) is 0.706. The number of aromatic nitrogens is 2. The number of likely N-dealkylation sites (tertiary alicyclic amines) is 2. The fourth-order valence-electron chi connectivity index (χ4n) is 4.76. The van der Waals surface area contributed by atoms with Gasteiger partial charge in [-0.2, -0.15) is 5.10 Å². The summed E-state index contributed by atoms with van der Waals surface area (Å²) >= 11 is 0. The minimum absolute atomic E-state index is 0.0188. The number of H-pyrrole nitrogens is 1. The Labute approximate surface area is 176 Å². The molecule has 0 saturated carbocycles. The number of nitrogens with one attached hydrogen (secondary N) is 2. The second kappa shape index (κ2) is 8.73. The molecule has 0 unspecified atom stereocenters. The molecule has 0 spiro atoms. The molecule has 4 rings (SSSR count). The van der Waals surface area contributed by atoms with E-state index < -0.39 is 5.60 Å². The number of piperidine rings is 1. The van der Waals surface area contributed by atoms with Crippen LogP contribution < -0.4 is 5.32 Å². The number of carbonyl (C=O) groups is 2. The first-order valence-electron chi connectivity index (χ1n) is 10.9. The molecule has 8 heteroatoms. The average molecular weight is 414 g/mol. The fraction of sp³-hybridized carbons (Fsp3) is 0.591. The van der Waals surface area contributed by atoms with Crippen molar-refractivity contribution in [3.05, 3.63) is 30.0 Å². The molecular weight excluding hydrogens is 382 g/mol. The van der Waals surface area contributed by atoms with E-state index in [-0.39, 0.29) is 17.9 Å². The van der Waals surface area contributed by atoms with Gasteiger partial charge in [0.05, 0.1) is 11.1 Å². The molecule has 0 radical (unpaired) electrons. The predicted molar refractivity (Wildman–Crippen MR) is 114 cm³/mol. The van der Waals surface area contributed by atoms with Gasteiger partial charge in [-0.3, -0.25) is 14.7 Å².